The SMILES string of the molecule is COc1ccc2c(c1)C(CON)=CS2(=O)=O. The van der Waals surface area contributed by atoms with Crippen LogP contribution in [0.4, 0.5) is 0 Å². The van der Waals surface area contributed by atoms with E-state index in [1.807, 2.05) is 0 Å². The maximum Gasteiger partial charge on any atom is 0.200 e. The Hall–Kier alpha value is -1.37. The van der Waals surface area contributed by atoms with Crippen LogP contribution in [0.1, 0.15) is 5.56 Å². The van der Waals surface area contributed by atoms with Crippen LogP contribution in [0.15, 0.2) is 28.5 Å². The molecule has 0 unspecified atom stereocenters. The highest BCUT2D eigenvalue weighted by Crippen LogP contribution is 2.35. The molecule has 1 aromatic carbocycles. The largest absolute Gasteiger partial charge is 0.497 e. The van der Waals surface area contributed by atoms with E-state index in [0.717, 1.165) is 0 Å². The highest BCUT2D eigenvalue weighted by molar-refractivity contribution is 7.95. The maximum atomic E-state index is 11.7. The Balaban J connectivity index is 2.58. The standard InChI is InChI=1S/C10H11NO4S/c1-14-8-2-3-10-9(4-8)7(5-15-11)6-16(10,12)13/h2-4,6H,5,11H2,1H3. The molecule has 0 bridgehead atoms. The van der Waals surface area contributed by atoms with Crippen LogP contribution in [0.25, 0.3) is 5.57 Å². The molecule has 0 fully saturated rings. The van der Waals surface area contributed by atoms with Crippen LogP contribution in [0.5, 0.6) is 5.75 Å². The number of hydrogen-bond donors (Lipinski definition) is 1. The zero-order chi connectivity index (χ0) is 11.8. The zero-order valence-corrected chi connectivity index (χ0v) is 9.45. The average molecular weight is 241 g/mol. The number of nitrogens with two attached hydrogens (primary N) is 1. The molecular formula is C10H11NO4S. The van der Waals surface area contributed by atoms with Crippen molar-refractivity contribution in [2.75, 3.05) is 13.7 Å². The van der Waals surface area contributed by atoms with Gasteiger partial charge in [0.15, 0.2) is 0 Å². The summed E-state index contributed by atoms with van der Waals surface area (Å²) >= 11 is 0. The highest BCUT2D eigenvalue weighted by atomic mass is 32.2. The molecule has 0 atom stereocenters. The number of sulfone groups is 1. The van der Waals surface area contributed by atoms with Crippen molar-refractivity contribution in [2.24, 2.45) is 5.90 Å². The van der Waals surface area contributed by atoms with Gasteiger partial charge in [0.1, 0.15) is 5.75 Å². The number of methoxy groups -OCH3 is 1. The molecule has 2 N–H and O–H groups in total. The van der Waals surface area contributed by atoms with Gasteiger partial charge in [0, 0.05) is 16.5 Å². The van der Waals surface area contributed by atoms with Crippen LogP contribution in [-0.2, 0) is 14.7 Å². The molecule has 0 saturated heterocycles. The fourth-order valence-electron chi connectivity index (χ4n) is 1.65. The molecule has 0 aliphatic carbocycles. The topological polar surface area (TPSA) is 78.6 Å². The van der Waals surface area contributed by atoms with E-state index in [-0.39, 0.29) is 11.5 Å². The maximum absolute atomic E-state index is 11.7. The number of hydrogen-bond acceptors (Lipinski definition) is 5. The predicted octanol–water partition coefficient (Wildman–Crippen LogP) is 0.714. The van der Waals surface area contributed by atoms with Gasteiger partial charge in [0.2, 0.25) is 9.84 Å². The molecule has 86 valence electrons. The predicted molar refractivity (Wildman–Crippen MR) is 58.3 cm³/mol. The minimum absolute atomic E-state index is 0.0550. The van der Waals surface area contributed by atoms with Crippen LogP contribution < -0.4 is 10.6 Å². The van der Waals surface area contributed by atoms with Crippen molar-refractivity contribution in [3.05, 3.63) is 29.2 Å². The van der Waals surface area contributed by atoms with E-state index in [0.29, 0.717) is 16.9 Å². The lowest BCUT2D eigenvalue weighted by Crippen LogP contribution is -2.02. The van der Waals surface area contributed by atoms with Crippen LogP contribution in [-0.4, -0.2) is 22.1 Å². The molecule has 0 saturated carbocycles. The number of benzene rings is 1. The van der Waals surface area contributed by atoms with Gasteiger partial charge in [-0.05, 0) is 18.2 Å². The van der Waals surface area contributed by atoms with Crippen LogP contribution in [0.2, 0.25) is 0 Å². The normalized spacial score (nSPS) is 16.8. The smallest absolute Gasteiger partial charge is 0.200 e. The number of fused-ring (bicyclic) bond motifs is 1. The van der Waals surface area contributed by atoms with Gasteiger partial charge in [-0.2, -0.15) is 0 Å². The molecule has 2 rings (SSSR count). The fourth-order valence-corrected chi connectivity index (χ4v) is 3.10. The molecule has 1 aliphatic heterocycles. The molecule has 1 aliphatic rings. The lowest BCUT2D eigenvalue weighted by molar-refractivity contribution is 0.173. The van der Waals surface area contributed by atoms with Crippen LogP contribution in [0, 0.1) is 0 Å². The van der Waals surface area contributed by atoms with Crippen molar-refractivity contribution in [2.45, 2.75) is 4.90 Å². The van der Waals surface area contributed by atoms with Crippen molar-refractivity contribution in [3.63, 3.8) is 0 Å². The van der Waals surface area contributed by atoms with E-state index in [1.165, 1.54) is 18.6 Å². The van der Waals surface area contributed by atoms with Crippen LogP contribution >= 0.6 is 0 Å². The fraction of sp³-hybridized carbons (Fsp3) is 0.200. The first kappa shape index (κ1) is 11.1. The third-order valence-electron chi connectivity index (χ3n) is 2.38. The summed E-state index contributed by atoms with van der Waals surface area (Å²) in [6.45, 7) is 0.0550. The molecular weight excluding hydrogens is 230 g/mol. The molecule has 0 aromatic heterocycles. The van der Waals surface area contributed by atoms with Gasteiger partial charge in [-0.15, -0.1) is 0 Å². The van der Waals surface area contributed by atoms with E-state index in [9.17, 15) is 8.42 Å². The third-order valence-corrected chi connectivity index (χ3v) is 3.94. The summed E-state index contributed by atoms with van der Waals surface area (Å²) in [6.07, 6.45) is 0. The third kappa shape index (κ3) is 1.71. The second-order valence-corrected chi connectivity index (χ2v) is 5.13. The molecule has 6 heteroatoms. The molecule has 0 amide bonds. The first-order valence-corrected chi connectivity index (χ1v) is 6.09. The van der Waals surface area contributed by atoms with Gasteiger partial charge < -0.3 is 4.74 Å². The minimum Gasteiger partial charge on any atom is -0.497 e. The summed E-state index contributed by atoms with van der Waals surface area (Å²) in [6, 6.07) is 4.78. The van der Waals surface area contributed by atoms with Crippen molar-refractivity contribution < 1.29 is 18.0 Å². The van der Waals surface area contributed by atoms with Gasteiger partial charge in [0.25, 0.3) is 0 Å². The van der Waals surface area contributed by atoms with Gasteiger partial charge in [-0.1, -0.05) is 0 Å². The molecule has 1 aromatic rings. The van der Waals surface area contributed by atoms with Crippen molar-refractivity contribution >= 4 is 15.4 Å². The molecule has 1 heterocycles. The van der Waals surface area contributed by atoms with Gasteiger partial charge in [-0.25, -0.2) is 14.3 Å². The monoisotopic (exact) mass is 241 g/mol. The van der Waals surface area contributed by atoms with Gasteiger partial charge in [0.05, 0.1) is 18.6 Å². The van der Waals surface area contributed by atoms with Gasteiger partial charge in [-0.3, -0.25) is 4.84 Å². The Morgan fingerprint density at radius 2 is 2.12 bits per heavy atom. The Bertz CT molecular complexity index is 548. The molecule has 16 heavy (non-hydrogen) atoms. The summed E-state index contributed by atoms with van der Waals surface area (Å²) in [5, 5.41) is 1.17. The summed E-state index contributed by atoms with van der Waals surface area (Å²) in [5.74, 6) is 5.55. The van der Waals surface area contributed by atoms with Crippen molar-refractivity contribution in [3.8, 4) is 5.75 Å². The first-order chi connectivity index (χ1) is 7.58. The van der Waals surface area contributed by atoms with Crippen molar-refractivity contribution in [1.29, 1.82) is 0 Å². The highest BCUT2D eigenvalue weighted by Gasteiger charge is 2.27. The lowest BCUT2D eigenvalue weighted by Gasteiger charge is -2.05. The minimum atomic E-state index is -3.36. The molecule has 0 radical (unpaired) electrons. The summed E-state index contributed by atoms with van der Waals surface area (Å²) < 4.78 is 28.5. The van der Waals surface area contributed by atoms with E-state index < -0.39 is 9.84 Å². The number of rotatable bonds is 3. The lowest BCUT2D eigenvalue weighted by atomic mass is 10.1. The quantitative estimate of drug-likeness (QED) is 0.788. The molecule has 0 spiro atoms. The second-order valence-electron chi connectivity index (χ2n) is 3.36. The molecule has 5 nitrogen and oxygen atoms in total. The summed E-state index contributed by atoms with van der Waals surface area (Å²) in [4.78, 5) is 4.74. The Morgan fingerprint density at radius 3 is 2.75 bits per heavy atom. The first-order valence-electron chi connectivity index (χ1n) is 4.54. The zero-order valence-electron chi connectivity index (χ0n) is 8.64. The van der Waals surface area contributed by atoms with Crippen molar-refractivity contribution in [1.82, 2.24) is 0 Å². The Labute approximate surface area is 93.3 Å². The van der Waals surface area contributed by atoms with Gasteiger partial charge >= 0.3 is 0 Å². The van der Waals surface area contributed by atoms with E-state index in [1.54, 1.807) is 12.1 Å². The Morgan fingerprint density at radius 1 is 1.38 bits per heavy atom. The van der Waals surface area contributed by atoms with E-state index in [2.05, 4.69) is 4.84 Å². The summed E-state index contributed by atoms with van der Waals surface area (Å²) in [5.41, 5.74) is 1.13. The summed E-state index contributed by atoms with van der Waals surface area (Å²) in [7, 11) is -1.83. The Kier molecular flexibility index (Phi) is 2.71. The number of ether oxygens (including phenoxy) is 1. The average Bonchev–Trinajstić information content (AvgIpc) is 2.51. The van der Waals surface area contributed by atoms with Crippen LogP contribution in [0.3, 0.4) is 0 Å². The second kappa shape index (κ2) is 3.89. The van der Waals surface area contributed by atoms with E-state index in [4.69, 9.17) is 10.6 Å². The van der Waals surface area contributed by atoms with E-state index >= 15 is 0 Å².